The van der Waals surface area contributed by atoms with Gasteiger partial charge >= 0.3 is 0 Å². The van der Waals surface area contributed by atoms with Gasteiger partial charge in [-0.2, -0.15) is 0 Å². The van der Waals surface area contributed by atoms with E-state index in [1.54, 1.807) is 18.5 Å². The maximum Gasteiger partial charge on any atom is 0.258 e. The van der Waals surface area contributed by atoms with Gasteiger partial charge in [-0.1, -0.05) is 6.07 Å². The number of anilines is 2. The average molecular weight is 323 g/mol. The zero-order valence-corrected chi connectivity index (χ0v) is 12.6. The highest BCUT2D eigenvalue weighted by molar-refractivity contribution is 6.03. The molecule has 1 amide bonds. The summed E-state index contributed by atoms with van der Waals surface area (Å²) in [5.74, 6) is -0.407. The molecule has 0 unspecified atom stereocenters. The molecule has 2 heterocycles. The summed E-state index contributed by atoms with van der Waals surface area (Å²) in [5, 5.41) is 5.64. The lowest BCUT2D eigenvalue weighted by molar-refractivity contribution is 0.102. The largest absolute Gasteiger partial charge is 0.350 e. The molecule has 1 aromatic carbocycles. The highest BCUT2D eigenvalue weighted by Gasteiger charge is 2.08. The van der Waals surface area contributed by atoms with Gasteiger partial charge in [0.2, 0.25) is 5.95 Å². The molecule has 0 spiro atoms. The van der Waals surface area contributed by atoms with Crippen LogP contribution in [0.25, 0.3) is 0 Å². The summed E-state index contributed by atoms with van der Waals surface area (Å²) < 4.78 is 13.1. The number of hydrogen-bond acceptors (Lipinski definition) is 5. The van der Waals surface area contributed by atoms with Gasteiger partial charge < -0.3 is 10.6 Å². The molecule has 0 bridgehead atoms. The van der Waals surface area contributed by atoms with E-state index in [4.69, 9.17) is 0 Å². The number of carbonyl (C=O) groups excluding carboxylic acids is 1. The predicted molar refractivity (Wildman–Crippen MR) is 87.9 cm³/mol. The Balaban J connectivity index is 1.60. The van der Waals surface area contributed by atoms with Crippen molar-refractivity contribution in [1.82, 2.24) is 15.0 Å². The lowest BCUT2D eigenvalue weighted by atomic mass is 10.2. The van der Waals surface area contributed by atoms with Crippen molar-refractivity contribution in [3.8, 4) is 0 Å². The van der Waals surface area contributed by atoms with Crippen LogP contribution in [-0.2, 0) is 6.54 Å². The fourth-order valence-electron chi connectivity index (χ4n) is 1.99. The van der Waals surface area contributed by atoms with Gasteiger partial charge in [0.25, 0.3) is 5.91 Å². The van der Waals surface area contributed by atoms with Crippen LogP contribution < -0.4 is 10.6 Å². The molecule has 0 atom stereocenters. The molecule has 0 aliphatic rings. The summed E-state index contributed by atoms with van der Waals surface area (Å²) in [6.07, 6.45) is 6.24. The van der Waals surface area contributed by atoms with Crippen molar-refractivity contribution in [2.75, 3.05) is 10.6 Å². The van der Waals surface area contributed by atoms with Gasteiger partial charge in [-0.3, -0.25) is 9.78 Å². The quantitative estimate of drug-likeness (QED) is 0.755. The second-order valence-corrected chi connectivity index (χ2v) is 4.97. The highest BCUT2D eigenvalue weighted by Crippen LogP contribution is 2.11. The van der Waals surface area contributed by atoms with E-state index < -0.39 is 11.7 Å². The second kappa shape index (κ2) is 7.28. The molecule has 0 fully saturated rings. The number of pyridine rings is 1. The molecule has 7 heteroatoms. The van der Waals surface area contributed by atoms with Crippen molar-refractivity contribution in [1.29, 1.82) is 0 Å². The van der Waals surface area contributed by atoms with E-state index in [2.05, 4.69) is 25.6 Å². The van der Waals surface area contributed by atoms with Crippen LogP contribution in [0.4, 0.5) is 16.0 Å². The van der Waals surface area contributed by atoms with Gasteiger partial charge in [0.15, 0.2) is 0 Å². The minimum Gasteiger partial charge on any atom is -0.350 e. The van der Waals surface area contributed by atoms with E-state index in [-0.39, 0.29) is 5.56 Å². The molecular weight excluding hydrogens is 309 g/mol. The lowest BCUT2D eigenvalue weighted by Gasteiger charge is -2.07. The van der Waals surface area contributed by atoms with Crippen LogP contribution in [-0.4, -0.2) is 20.9 Å². The first kappa shape index (κ1) is 15.5. The third-order valence-corrected chi connectivity index (χ3v) is 3.20. The Morgan fingerprint density at radius 3 is 2.54 bits per heavy atom. The average Bonchev–Trinajstić information content (AvgIpc) is 2.61. The summed E-state index contributed by atoms with van der Waals surface area (Å²) in [5.41, 5.74) is 1.70. The van der Waals surface area contributed by atoms with E-state index in [0.29, 0.717) is 18.2 Å². The van der Waals surface area contributed by atoms with Gasteiger partial charge in [0.05, 0.1) is 5.56 Å². The number of nitrogens with zero attached hydrogens (tertiary/aromatic N) is 3. The molecule has 3 rings (SSSR count). The standard InChI is InChI=1S/C17H14FN5O/c18-14-2-1-3-15(8-14)23-16(24)13-10-21-17(22-11-13)20-9-12-4-6-19-7-5-12/h1-8,10-11H,9H2,(H,23,24)(H,20,21,22). The van der Waals surface area contributed by atoms with E-state index >= 15 is 0 Å². The van der Waals surface area contributed by atoms with Gasteiger partial charge in [-0.15, -0.1) is 0 Å². The highest BCUT2D eigenvalue weighted by atomic mass is 19.1. The van der Waals surface area contributed by atoms with Crippen molar-refractivity contribution in [2.24, 2.45) is 0 Å². The van der Waals surface area contributed by atoms with Crippen molar-refractivity contribution in [2.45, 2.75) is 6.54 Å². The first-order valence-electron chi connectivity index (χ1n) is 7.22. The fourth-order valence-corrected chi connectivity index (χ4v) is 1.99. The van der Waals surface area contributed by atoms with E-state index in [0.717, 1.165) is 5.56 Å². The number of aromatic nitrogens is 3. The van der Waals surface area contributed by atoms with Crippen LogP contribution in [0.5, 0.6) is 0 Å². The smallest absolute Gasteiger partial charge is 0.258 e. The second-order valence-electron chi connectivity index (χ2n) is 4.97. The SMILES string of the molecule is O=C(Nc1cccc(F)c1)c1cnc(NCc2ccncc2)nc1. The third-order valence-electron chi connectivity index (χ3n) is 3.20. The minimum absolute atomic E-state index is 0.286. The summed E-state index contributed by atoms with van der Waals surface area (Å²) in [4.78, 5) is 24.2. The maximum absolute atomic E-state index is 13.1. The summed E-state index contributed by atoms with van der Waals surface area (Å²) in [6, 6.07) is 9.44. The van der Waals surface area contributed by atoms with Crippen molar-refractivity contribution in [3.05, 3.63) is 78.1 Å². The molecule has 2 aromatic heterocycles. The van der Waals surface area contributed by atoms with Gasteiger partial charge in [-0.25, -0.2) is 14.4 Å². The summed E-state index contributed by atoms with van der Waals surface area (Å²) >= 11 is 0. The Morgan fingerprint density at radius 1 is 1.08 bits per heavy atom. The van der Waals surface area contributed by atoms with Crippen molar-refractivity contribution in [3.63, 3.8) is 0 Å². The number of carbonyl (C=O) groups is 1. The third kappa shape index (κ3) is 4.10. The molecule has 0 aliphatic heterocycles. The minimum atomic E-state index is -0.417. The molecule has 24 heavy (non-hydrogen) atoms. The van der Waals surface area contributed by atoms with Gasteiger partial charge in [0, 0.05) is 37.0 Å². The molecule has 120 valence electrons. The molecule has 0 radical (unpaired) electrons. The lowest BCUT2D eigenvalue weighted by Crippen LogP contribution is -2.13. The number of halogens is 1. The normalized spacial score (nSPS) is 10.2. The molecule has 2 N–H and O–H groups in total. The van der Waals surface area contributed by atoms with Crippen molar-refractivity contribution < 1.29 is 9.18 Å². The zero-order chi connectivity index (χ0) is 16.8. The Hall–Kier alpha value is -3.35. The number of amides is 1. The Morgan fingerprint density at radius 2 is 1.83 bits per heavy atom. The van der Waals surface area contributed by atoms with Gasteiger partial charge in [-0.05, 0) is 35.9 Å². The predicted octanol–water partition coefficient (Wildman–Crippen LogP) is 2.88. The van der Waals surface area contributed by atoms with Crippen LogP contribution in [0.15, 0.2) is 61.2 Å². The van der Waals surface area contributed by atoms with Crippen molar-refractivity contribution >= 4 is 17.5 Å². The molecule has 3 aromatic rings. The van der Waals surface area contributed by atoms with E-state index in [1.807, 2.05) is 12.1 Å². The zero-order valence-electron chi connectivity index (χ0n) is 12.6. The van der Waals surface area contributed by atoms with Crippen LogP contribution >= 0.6 is 0 Å². The monoisotopic (exact) mass is 323 g/mol. The van der Waals surface area contributed by atoms with Crippen LogP contribution in [0.1, 0.15) is 15.9 Å². The maximum atomic E-state index is 13.1. The van der Waals surface area contributed by atoms with E-state index in [9.17, 15) is 9.18 Å². The fraction of sp³-hybridized carbons (Fsp3) is 0.0588. The summed E-state index contributed by atoms with van der Waals surface area (Å²) in [7, 11) is 0. The molecule has 0 saturated heterocycles. The first-order valence-corrected chi connectivity index (χ1v) is 7.22. The molecule has 0 saturated carbocycles. The molecule has 6 nitrogen and oxygen atoms in total. The van der Waals surface area contributed by atoms with Crippen LogP contribution in [0.2, 0.25) is 0 Å². The Kier molecular flexibility index (Phi) is 4.71. The number of hydrogen-bond donors (Lipinski definition) is 2. The van der Waals surface area contributed by atoms with Gasteiger partial charge in [0.1, 0.15) is 5.82 Å². The number of nitrogens with one attached hydrogen (secondary N) is 2. The van der Waals surface area contributed by atoms with Crippen LogP contribution in [0, 0.1) is 5.82 Å². The topological polar surface area (TPSA) is 79.8 Å². The first-order chi connectivity index (χ1) is 11.7. The summed E-state index contributed by atoms with van der Waals surface area (Å²) in [6.45, 7) is 0.553. The Bertz CT molecular complexity index is 824. The number of rotatable bonds is 5. The molecular formula is C17H14FN5O. The number of benzene rings is 1. The van der Waals surface area contributed by atoms with E-state index in [1.165, 1.54) is 30.6 Å². The molecule has 0 aliphatic carbocycles. The Labute approximate surface area is 137 Å². The van der Waals surface area contributed by atoms with Crippen LogP contribution in [0.3, 0.4) is 0 Å².